The molecule has 0 saturated carbocycles. The van der Waals surface area contributed by atoms with Crippen LogP contribution in [-0.2, 0) is 9.59 Å². The Morgan fingerprint density at radius 3 is 2.35 bits per heavy atom. The van der Waals surface area contributed by atoms with Gasteiger partial charge in [0.25, 0.3) is 5.91 Å². The molecular weight excluding hydrogens is 300 g/mol. The van der Waals surface area contributed by atoms with Crippen molar-refractivity contribution in [2.24, 2.45) is 0 Å². The van der Waals surface area contributed by atoms with Gasteiger partial charge in [-0.15, -0.1) is 0 Å². The molecule has 2 rings (SSSR count). The molecule has 0 aromatic heterocycles. The van der Waals surface area contributed by atoms with Gasteiger partial charge in [-0.1, -0.05) is 0 Å². The second kappa shape index (κ2) is 6.09. The van der Waals surface area contributed by atoms with E-state index >= 15 is 0 Å². The van der Waals surface area contributed by atoms with Crippen LogP contribution >= 0.6 is 0 Å². The van der Waals surface area contributed by atoms with Crippen LogP contribution in [0.1, 0.15) is 26.7 Å². The minimum atomic E-state index is -1.55. The quantitative estimate of drug-likeness (QED) is 0.680. The van der Waals surface area contributed by atoms with Crippen LogP contribution in [0.3, 0.4) is 0 Å². The highest BCUT2D eigenvalue weighted by molar-refractivity contribution is 6.10. The monoisotopic (exact) mass is 326 g/mol. The Hall–Kier alpha value is -1.67. The maximum absolute atomic E-state index is 12.8. The van der Waals surface area contributed by atoms with E-state index in [1.54, 1.807) is 0 Å². The first-order chi connectivity index (χ1) is 10.6. The molecule has 2 saturated heterocycles. The van der Waals surface area contributed by atoms with E-state index in [0.717, 1.165) is 18.0 Å². The summed E-state index contributed by atoms with van der Waals surface area (Å²) in [7, 11) is 4.02. The number of likely N-dealkylation sites (tertiary alicyclic amines) is 1. The maximum Gasteiger partial charge on any atom is 0.329 e. The van der Waals surface area contributed by atoms with Crippen LogP contribution in [0.2, 0.25) is 0 Å². The molecule has 8 heteroatoms. The Kier molecular flexibility index (Phi) is 4.68. The second-order valence-electron chi connectivity index (χ2n) is 7.16. The third-order valence-corrected chi connectivity index (χ3v) is 4.82. The standard InChI is InChI=1S/C15H26N4O4/c1-14(2,12(21)22)19-11(20)15(16-13(19)23)5-7-18(8-6-15)10-9-17(3)4/h5-10H2,1-4H3,(H,16,23)(H,21,22). The van der Waals surface area contributed by atoms with Gasteiger partial charge in [-0.3, -0.25) is 4.79 Å². The van der Waals surface area contributed by atoms with Crippen LogP contribution in [0.25, 0.3) is 0 Å². The molecule has 0 aromatic carbocycles. The fourth-order valence-corrected chi connectivity index (χ4v) is 3.06. The fraction of sp³-hybridized carbons (Fsp3) is 0.800. The lowest BCUT2D eigenvalue weighted by atomic mass is 9.86. The normalized spacial score (nSPS) is 22.0. The Morgan fingerprint density at radius 1 is 1.30 bits per heavy atom. The van der Waals surface area contributed by atoms with E-state index in [9.17, 15) is 19.5 Å². The van der Waals surface area contributed by atoms with Crippen molar-refractivity contribution < 1.29 is 19.5 Å². The zero-order valence-corrected chi connectivity index (χ0v) is 14.3. The van der Waals surface area contributed by atoms with E-state index in [0.29, 0.717) is 25.9 Å². The number of carbonyl (C=O) groups excluding carboxylic acids is 2. The largest absolute Gasteiger partial charge is 0.480 e. The summed E-state index contributed by atoms with van der Waals surface area (Å²) in [6.45, 7) is 6.01. The van der Waals surface area contributed by atoms with Gasteiger partial charge in [0.05, 0.1) is 0 Å². The highest BCUT2D eigenvalue weighted by Crippen LogP contribution is 2.33. The third-order valence-electron chi connectivity index (χ3n) is 4.82. The Labute approximate surface area is 136 Å². The molecule has 130 valence electrons. The van der Waals surface area contributed by atoms with Crippen molar-refractivity contribution in [1.82, 2.24) is 20.0 Å². The molecule has 0 unspecified atom stereocenters. The van der Waals surface area contributed by atoms with Crippen LogP contribution in [-0.4, -0.2) is 89.1 Å². The van der Waals surface area contributed by atoms with Crippen molar-refractivity contribution in [1.29, 1.82) is 0 Å². The molecule has 8 nitrogen and oxygen atoms in total. The summed E-state index contributed by atoms with van der Waals surface area (Å²) in [5.74, 6) is -1.61. The van der Waals surface area contributed by atoms with Gasteiger partial charge in [0.2, 0.25) is 0 Å². The fourth-order valence-electron chi connectivity index (χ4n) is 3.06. The summed E-state index contributed by atoms with van der Waals surface area (Å²) < 4.78 is 0. The van der Waals surface area contributed by atoms with Gasteiger partial charge in [-0.05, 0) is 40.8 Å². The average molecular weight is 326 g/mol. The summed E-state index contributed by atoms with van der Waals surface area (Å²) in [6.07, 6.45) is 1.02. The molecule has 1 spiro atoms. The predicted molar refractivity (Wildman–Crippen MR) is 84.1 cm³/mol. The summed E-state index contributed by atoms with van der Waals surface area (Å²) in [5, 5.41) is 12.1. The van der Waals surface area contributed by atoms with Gasteiger partial charge in [-0.25, -0.2) is 14.5 Å². The first kappa shape index (κ1) is 17.7. The Balaban J connectivity index is 2.07. The molecule has 0 radical (unpaired) electrons. The van der Waals surface area contributed by atoms with Crippen LogP contribution < -0.4 is 5.32 Å². The molecule has 0 bridgehead atoms. The van der Waals surface area contributed by atoms with E-state index in [1.807, 2.05) is 14.1 Å². The number of nitrogens with one attached hydrogen (secondary N) is 1. The average Bonchev–Trinajstić information content (AvgIpc) is 2.69. The molecule has 0 atom stereocenters. The predicted octanol–water partition coefficient (Wildman–Crippen LogP) is -0.202. The van der Waals surface area contributed by atoms with E-state index in [4.69, 9.17) is 0 Å². The first-order valence-corrected chi connectivity index (χ1v) is 7.87. The van der Waals surface area contributed by atoms with Crippen LogP contribution in [0.15, 0.2) is 0 Å². The van der Waals surface area contributed by atoms with Crippen molar-refractivity contribution in [3.05, 3.63) is 0 Å². The van der Waals surface area contributed by atoms with Gasteiger partial charge in [0, 0.05) is 26.2 Å². The SMILES string of the molecule is CN(C)CCN1CCC2(CC1)NC(=O)N(C(C)(C)C(=O)O)C2=O. The minimum absolute atomic E-state index is 0.415. The lowest BCUT2D eigenvalue weighted by molar-refractivity contribution is -0.154. The number of carboxylic acids is 1. The number of nitrogens with zero attached hydrogens (tertiary/aromatic N) is 3. The zero-order valence-electron chi connectivity index (χ0n) is 14.3. The number of hydrogen-bond donors (Lipinski definition) is 2. The van der Waals surface area contributed by atoms with Gasteiger partial charge < -0.3 is 20.2 Å². The van der Waals surface area contributed by atoms with Crippen molar-refractivity contribution >= 4 is 17.9 Å². The molecule has 0 aliphatic carbocycles. The molecule has 3 amide bonds. The summed E-state index contributed by atoms with van der Waals surface area (Å²) in [5.41, 5.74) is -2.49. The number of urea groups is 1. The molecule has 2 fully saturated rings. The number of carbonyl (C=O) groups is 3. The zero-order chi connectivity index (χ0) is 17.4. The topological polar surface area (TPSA) is 93.2 Å². The number of likely N-dealkylation sites (N-methyl/N-ethyl adjacent to an activating group) is 1. The number of amides is 3. The van der Waals surface area contributed by atoms with Gasteiger partial charge in [0.15, 0.2) is 0 Å². The van der Waals surface area contributed by atoms with Gasteiger partial charge in [0.1, 0.15) is 11.1 Å². The van der Waals surface area contributed by atoms with Gasteiger partial charge in [-0.2, -0.15) is 0 Å². The Bertz CT molecular complexity index is 510. The number of rotatable bonds is 5. The van der Waals surface area contributed by atoms with Crippen molar-refractivity contribution in [3.63, 3.8) is 0 Å². The van der Waals surface area contributed by atoms with Crippen LogP contribution in [0.5, 0.6) is 0 Å². The summed E-state index contributed by atoms with van der Waals surface area (Å²) in [4.78, 5) is 41.6. The first-order valence-electron chi connectivity index (χ1n) is 7.87. The smallest absolute Gasteiger partial charge is 0.329 e. The number of imide groups is 1. The number of carboxylic acid groups (broad SMARTS) is 1. The Morgan fingerprint density at radius 2 is 1.87 bits per heavy atom. The number of hydrogen-bond acceptors (Lipinski definition) is 5. The molecule has 0 aromatic rings. The van der Waals surface area contributed by atoms with Gasteiger partial charge >= 0.3 is 12.0 Å². The maximum atomic E-state index is 12.8. The molecule has 2 aliphatic rings. The number of piperidine rings is 1. The summed E-state index contributed by atoms with van der Waals surface area (Å²) >= 11 is 0. The minimum Gasteiger partial charge on any atom is -0.480 e. The van der Waals surface area contributed by atoms with E-state index in [1.165, 1.54) is 13.8 Å². The van der Waals surface area contributed by atoms with Crippen molar-refractivity contribution in [2.45, 2.75) is 37.8 Å². The molecule has 2 N–H and O–H groups in total. The second-order valence-corrected chi connectivity index (χ2v) is 7.16. The lowest BCUT2D eigenvalue weighted by Crippen LogP contribution is -2.57. The van der Waals surface area contributed by atoms with Crippen LogP contribution in [0, 0.1) is 0 Å². The van der Waals surface area contributed by atoms with E-state index < -0.39 is 29.0 Å². The molecular formula is C15H26N4O4. The third kappa shape index (κ3) is 3.18. The van der Waals surface area contributed by atoms with Crippen molar-refractivity contribution in [2.75, 3.05) is 40.3 Å². The lowest BCUT2D eigenvalue weighted by Gasteiger charge is -2.38. The van der Waals surface area contributed by atoms with E-state index in [2.05, 4.69) is 15.1 Å². The highest BCUT2D eigenvalue weighted by atomic mass is 16.4. The molecule has 23 heavy (non-hydrogen) atoms. The van der Waals surface area contributed by atoms with Crippen LogP contribution in [0.4, 0.5) is 4.79 Å². The van der Waals surface area contributed by atoms with E-state index in [-0.39, 0.29) is 0 Å². The highest BCUT2D eigenvalue weighted by Gasteiger charge is 2.57. The number of aliphatic carboxylic acids is 1. The molecule has 2 heterocycles. The summed E-state index contributed by atoms with van der Waals surface area (Å²) in [6, 6.07) is -0.607. The van der Waals surface area contributed by atoms with Crippen molar-refractivity contribution in [3.8, 4) is 0 Å². The molecule has 2 aliphatic heterocycles.